The summed E-state index contributed by atoms with van der Waals surface area (Å²) in [6, 6.07) is 0.583. The Balaban J connectivity index is 2.57. The van der Waals surface area contributed by atoms with Crippen LogP contribution >= 0.6 is 0 Å². The van der Waals surface area contributed by atoms with E-state index >= 15 is 0 Å². The maximum absolute atomic E-state index is 12.9. The van der Waals surface area contributed by atoms with Crippen LogP contribution in [0.5, 0.6) is 0 Å². The topological polar surface area (TPSA) is 133 Å². The molecule has 12 heteroatoms. The summed E-state index contributed by atoms with van der Waals surface area (Å²) in [6.07, 6.45) is -3.93. The SMILES string of the molecule is NC(=O)CC1CCCN(c2c([N+](=O)[O-])cc(C(F)(F)F)cc2[N+](=O)[O-])C1. The molecule has 2 N–H and O–H groups in total. The number of nitro benzene ring substituents is 2. The minimum atomic E-state index is -4.97. The van der Waals surface area contributed by atoms with E-state index in [-0.39, 0.29) is 25.4 Å². The summed E-state index contributed by atoms with van der Waals surface area (Å²) in [5.41, 5.74) is 1.19. The molecule has 1 unspecified atom stereocenters. The van der Waals surface area contributed by atoms with Crippen molar-refractivity contribution in [1.29, 1.82) is 0 Å². The van der Waals surface area contributed by atoms with Gasteiger partial charge in [-0.1, -0.05) is 0 Å². The molecule has 1 aliphatic heterocycles. The molecule has 0 bridgehead atoms. The number of piperidine rings is 1. The summed E-state index contributed by atoms with van der Waals surface area (Å²) < 4.78 is 38.8. The lowest BCUT2D eigenvalue weighted by atomic mass is 9.93. The van der Waals surface area contributed by atoms with Crippen LogP contribution in [0.15, 0.2) is 12.1 Å². The Morgan fingerprint density at radius 3 is 2.19 bits per heavy atom. The van der Waals surface area contributed by atoms with Crippen LogP contribution in [0.25, 0.3) is 0 Å². The molecule has 0 aromatic heterocycles. The number of amides is 1. The van der Waals surface area contributed by atoms with E-state index in [2.05, 4.69) is 0 Å². The molecule has 142 valence electrons. The molecule has 1 fully saturated rings. The van der Waals surface area contributed by atoms with Crippen molar-refractivity contribution < 1.29 is 27.8 Å². The van der Waals surface area contributed by atoms with Gasteiger partial charge >= 0.3 is 6.18 Å². The number of halogens is 3. The van der Waals surface area contributed by atoms with E-state index in [4.69, 9.17) is 5.73 Å². The van der Waals surface area contributed by atoms with Gasteiger partial charge in [0, 0.05) is 31.6 Å². The van der Waals surface area contributed by atoms with Gasteiger partial charge in [-0.15, -0.1) is 0 Å². The average Bonchev–Trinajstić information content (AvgIpc) is 2.52. The fraction of sp³-hybridized carbons (Fsp3) is 0.500. The van der Waals surface area contributed by atoms with Crippen LogP contribution in [-0.2, 0) is 11.0 Å². The molecule has 26 heavy (non-hydrogen) atoms. The van der Waals surface area contributed by atoms with Crippen LogP contribution in [0.4, 0.5) is 30.2 Å². The van der Waals surface area contributed by atoms with Gasteiger partial charge in [0.1, 0.15) is 0 Å². The zero-order valence-corrected chi connectivity index (χ0v) is 13.4. The van der Waals surface area contributed by atoms with Crippen molar-refractivity contribution in [2.75, 3.05) is 18.0 Å². The van der Waals surface area contributed by atoms with Crippen molar-refractivity contribution in [3.05, 3.63) is 37.9 Å². The minimum Gasteiger partial charge on any atom is -0.370 e. The Hall–Kier alpha value is -2.92. The van der Waals surface area contributed by atoms with E-state index in [0.29, 0.717) is 25.0 Å². The minimum absolute atomic E-state index is 0.0151. The van der Waals surface area contributed by atoms with Gasteiger partial charge in [0.05, 0.1) is 15.4 Å². The summed E-state index contributed by atoms with van der Waals surface area (Å²) in [5.74, 6) is -0.879. The zero-order chi connectivity index (χ0) is 19.6. The van der Waals surface area contributed by atoms with Gasteiger partial charge in [0.2, 0.25) is 5.91 Å². The number of carbonyl (C=O) groups excluding carboxylic acids is 1. The molecular weight excluding hydrogens is 361 g/mol. The zero-order valence-electron chi connectivity index (χ0n) is 13.4. The number of alkyl halides is 3. The molecule has 0 spiro atoms. The van der Waals surface area contributed by atoms with Gasteiger partial charge in [-0.3, -0.25) is 25.0 Å². The third-order valence-electron chi connectivity index (χ3n) is 4.12. The number of anilines is 1. The van der Waals surface area contributed by atoms with E-state index in [0.717, 1.165) is 0 Å². The second-order valence-electron chi connectivity index (χ2n) is 6.00. The Labute approximate surface area is 144 Å². The molecular formula is C14H15F3N4O5. The highest BCUT2D eigenvalue weighted by Gasteiger charge is 2.40. The van der Waals surface area contributed by atoms with Crippen LogP contribution in [0.1, 0.15) is 24.8 Å². The molecule has 1 aromatic carbocycles. The molecule has 1 atom stereocenters. The third kappa shape index (κ3) is 4.18. The highest BCUT2D eigenvalue weighted by molar-refractivity contribution is 5.77. The fourth-order valence-corrected chi connectivity index (χ4v) is 3.09. The first kappa shape index (κ1) is 19.4. The molecule has 1 heterocycles. The smallest absolute Gasteiger partial charge is 0.370 e. The summed E-state index contributed by atoms with van der Waals surface area (Å²) in [5, 5.41) is 22.6. The molecule has 1 aromatic rings. The summed E-state index contributed by atoms with van der Waals surface area (Å²) in [7, 11) is 0. The Kier molecular flexibility index (Phi) is 5.33. The second kappa shape index (κ2) is 7.14. The maximum atomic E-state index is 12.9. The Morgan fingerprint density at radius 2 is 1.77 bits per heavy atom. The summed E-state index contributed by atoms with van der Waals surface area (Å²) in [4.78, 5) is 32.8. The number of primary amides is 1. The normalized spacial score (nSPS) is 17.8. The van der Waals surface area contributed by atoms with E-state index < -0.39 is 44.6 Å². The summed E-state index contributed by atoms with van der Waals surface area (Å²) in [6.45, 7) is 0.234. The first-order chi connectivity index (χ1) is 12.0. The van der Waals surface area contributed by atoms with Crippen molar-refractivity contribution in [2.24, 2.45) is 11.7 Å². The number of hydrogen-bond donors (Lipinski definition) is 1. The van der Waals surface area contributed by atoms with Crippen molar-refractivity contribution in [3.8, 4) is 0 Å². The number of hydrogen-bond acceptors (Lipinski definition) is 6. The molecule has 9 nitrogen and oxygen atoms in total. The highest BCUT2D eigenvalue weighted by atomic mass is 19.4. The van der Waals surface area contributed by atoms with E-state index in [1.807, 2.05) is 0 Å². The number of nitrogens with zero attached hydrogens (tertiary/aromatic N) is 3. The number of nitro groups is 2. The van der Waals surface area contributed by atoms with Gasteiger partial charge in [-0.05, 0) is 18.8 Å². The fourth-order valence-electron chi connectivity index (χ4n) is 3.09. The van der Waals surface area contributed by atoms with Crippen molar-refractivity contribution in [3.63, 3.8) is 0 Å². The van der Waals surface area contributed by atoms with Gasteiger partial charge in [-0.25, -0.2) is 0 Å². The number of nitrogens with two attached hydrogens (primary N) is 1. The number of benzene rings is 1. The lowest BCUT2D eigenvalue weighted by molar-refractivity contribution is -0.393. The third-order valence-corrected chi connectivity index (χ3v) is 4.12. The van der Waals surface area contributed by atoms with Gasteiger partial charge in [0.15, 0.2) is 5.69 Å². The molecule has 0 aliphatic carbocycles. The predicted octanol–water partition coefficient (Wildman–Crippen LogP) is 2.61. The quantitative estimate of drug-likeness (QED) is 0.620. The standard InChI is InChI=1S/C14H15F3N4O5/c15-14(16,17)9-5-10(20(23)24)13(11(6-9)21(25)26)19-3-1-2-8(7-19)4-12(18)22/h5-6,8H,1-4,7H2,(H2,18,22). The van der Waals surface area contributed by atoms with E-state index in [9.17, 15) is 38.2 Å². The monoisotopic (exact) mass is 376 g/mol. The summed E-state index contributed by atoms with van der Waals surface area (Å²) >= 11 is 0. The number of rotatable bonds is 5. The van der Waals surface area contributed by atoms with E-state index in [1.165, 1.54) is 4.90 Å². The van der Waals surface area contributed by atoms with Crippen molar-refractivity contribution in [1.82, 2.24) is 0 Å². The number of carbonyl (C=O) groups is 1. The van der Waals surface area contributed by atoms with Gasteiger partial charge in [0.25, 0.3) is 11.4 Å². The largest absolute Gasteiger partial charge is 0.416 e. The Morgan fingerprint density at radius 1 is 1.23 bits per heavy atom. The van der Waals surface area contributed by atoms with Crippen molar-refractivity contribution in [2.45, 2.75) is 25.4 Å². The Bertz CT molecular complexity index is 718. The average molecular weight is 376 g/mol. The van der Waals surface area contributed by atoms with Crippen LogP contribution in [0.2, 0.25) is 0 Å². The van der Waals surface area contributed by atoms with Crippen LogP contribution in [0.3, 0.4) is 0 Å². The van der Waals surface area contributed by atoms with Crippen LogP contribution in [0, 0.1) is 26.1 Å². The van der Waals surface area contributed by atoms with Crippen LogP contribution in [-0.4, -0.2) is 28.8 Å². The first-order valence-corrected chi connectivity index (χ1v) is 7.58. The highest BCUT2D eigenvalue weighted by Crippen LogP contribution is 2.44. The molecule has 1 saturated heterocycles. The molecule has 0 radical (unpaired) electrons. The molecule has 1 amide bonds. The maximum Gasteiger partial charge on any atom is 0.416 e. The van der Waals surface area contributed by atoms with Crippen molar-refractivity contribution >= 4 is 23.0 Å². The molecule has 2 rings (SSSR count). The molecule has 1 aliphatic rings. The van der Waals surface area contributed by atoms with Gasteiger partial charge < -0.3 is 10.6 Å². The second-order valence-corrected chi connectivity index (χ2v) is 6.00. The van der Waals surface area contributed by atoms with E-state index in [1.54, 1.807) is 0 Å². The first-order valence-electron chi connectivity index (χ1n) is 7.58. The van der Waals surface area contributed by atoms with Crippen LogP contribution < -0.4 is 10.6 Å². The predicted molar refractivity (Wildman–Crippen MR) is 83.5 cm³/mol. The lowest BCUT2D eigenvalue weighted by Gasteiger charge is -2.33. The van der Waals surface area contributed by atoms with Gasteiger partial charge in [-0.2, -0.15) is 13.2 Å². The lowest BCUT2D eigenvalue weighted by Crippen LogP contribution is -2.37. The molecule has 0 saturated carbocycles.